The Kier molecular flexibility index (Phi) is 5.16. The van der Waals surface area contributed by atoms with Gasteiger partial charge in [-0.25, -0.2) is 0 Å². The third kappa shape index (κ3) is 3.85. The molecule has 2 rings (SSSR count). The number of carbonyl (C=O) groups excluding carboxylic acids is 3. The van der Waals surface area contributed by atoms with Crippen molar-refractivity contribution in [1.82, 2.24) is 10.6 Å². The summed E-state index contributed by atoms with van der Waals surface area (Å²) in [6.45, 7) is 3.50. The van der Waals surface area contributed by atoms with E-state index in [9.17, 15) is 14.4 Å². The largest absolute Gasteiger partial charge is 0.350 e. The fourth-order valence-corrected chi connectivity index (χ4v) is 2.46. The van der Waals surface area contributed by atoms with Crippen LogP contribution >= 0.6 is 11.6 Å². The molecule has 3 amide bonds. The maximum absolute atomic E-state index is 12.1. The van der Waals surface area contributed by atoms with E-state index < -0.39 is 5.91 Å². The van der Waals surface area contributed by atoms with Crippen LogP contribution in [0.1, 0.15) is 6.42 Å². The predicted molar refractivity (Wildman–Crippen MR) is 83.6 cm³/mol. The second-order valence-corrected chi connectivity index (χ2v) is 5.25. The van der Waals surface area contributed by atoms with Gasteiger partial charge in [0.15, 0.2) is 0 Å². The van der Waals surface area contributed by atoms with Crippen LogP contribution in [-0.4, -0.2) is 36.9 Å². The molecule has 2 N–H and O–H groups in total. The van der Waals surface area contributed by atoms with E-state index in [0.717, 1.165) is 6.08 Å². The zero-order valence-electron chi connectivity index (χ0n) is 11.8. The fraction of sp³-hybridized carbons (Fsp3) is 0.267. The first kappa shape index (κ1) is 16.0. The minimum absolute atomic E-state index is 0.103. The molecule has 116 valence electrons. The second kappa shape index (κ2) is 7.09. The van der Waals surface area contributed by atoms with Crippen molar-refractivity contribution in [1.29, 1.82) is 0 Å². The SMILES string of the molecule is C=CC(=O)NCC(=O)NC1CC(=O)N(c2ccccc2Cl)C1. The van der Waals surface area contributed by atoms with Gasteiger partial charge in [0.1, 0.15) is 0 Å². The molecule has 0 bridgehead atoms. The minimum atomic E-state index is -0.421. The van der Waals surface area contributed by atoms with E-state index in [-0.39, 0.29) is 30.8 Å². The van der Waals surface area contributed by atoms with Gasteiger partial charge in [0.25, 0.3) is 0 Å². The summed E-state index contributed by atoms with van der Waals surface area (Å²) < 4.78 is 0. The van der Waals surface area contributed by atoms with E-state index in [2.05, 4.69) is 17.2 Å². The van der Waals surface area contributed by atoms with Crippen molar-refractivity contribution in [3.63, 3.8) is 0 Å². The van der Waals surface area contributed by atoms with Crippen LogP contribution in [0.5, 0.6) is 0 Å². The molecule has 1 saturated heterocycles. The van der Waals surface area contributed by atoms with Gasteiger partial charge in [0.05, 0.1) is 23.3 Å². The Morgan fingerprint density at radius 1 is 1.41 bits per heavy atom. The van der Waals surface area contributed by atoms with Gasteiger partial charge < -0.3 is 15.5 Å². The Balaban J connectivity index is 1.92. The lowest BCUT2D eigenvalue weighted by Crippen LogP contribution is -2.42. The van der Waals surface area contributed by atoms with E-state index in [0.29, 0.717) is 17.3 Å². The van der Waals surface area contributed by atoms with Crippen LogP contribution in [0.4, 0.5) is 5.69 Å². The van der Waals surface area contributed by atoms with Crippen LogP contribution < -0.4 is 15.5 Å². The van der Waals surface area contributed by atoms with Gasteiger partial charge in [-0.1, -0.05) is 30.3 Å². The number of anilines is 1. The molecule has 1 aliphatic heterocycles. The Labute approximate surface area is 133 Å². The summed E-state index contributed by atoms with van der Waals surface area (Å²) in [7, 11) is 0. The number of amides is 3. The Morgan fingerprint density at radius 3 is 2.82 bits per heavy atom. The zero-order valence-corrected chi connectivity index (χ0v) is 12.6. The Hall–Kier alpha value is -2.34. The van der Waals surface area contributed by atoms with Crippen molar-refractivity contribution in [2.45, 2.75) is 12.5 Å². The molecule has 0 aliphatic carbocycles. The molecule has 0 aromatic heterocycles. The number of halogens is 1. The average Bonchev–Trinajstić information content (AvgIpc) is 2.85. The summed E-state index contributed by atoms with van der Waals surface area (Å²) in [6, 6.07) is 6.74. The monoisotopic (exact) mass is 321 g/mol. The van der Waals surface area contributed by atoms with Crippen molar-refractivity contribution in [2.24, 2.45) is 0 Å². The summed E-state index contributed by atoms with van der Waals surface area (Å²) in [6.07, 6.45) is 1.29. The highest BCUT2D eigenvalue weighted by Gasteiger charge is 2.32. The summed E-state index contributed by atoms with van der Waals surface area (Å²) in [5, 5.41) is 5.58. The second-order valence-electron chi connectivity index (χ2n) is 4.85. The first-order chi connectivity index (χ1) is 10.5. The molecule has 1 aromatic carbocycles. The molecule has 1 unspecified atom stereocenters. The average molecular weight is 322 g/mol. The molecule has 1 atom stereocenters. The van der Waals surface area contributed by atoms with Crippen LogP contribution in [0, 0.1) is 0 Å². The van der Waals surface area contributed by atoms with E-state index >= 15 is 0 Å². The highest BCUT2D eigenvalue weighted by molar-refractivity contribution is 6.33. The highest BCUT2D eigenvalue weighted by Crippen LogP contribution is 2.28. The van der Waals surface area contributed by atoms with Gasteiger partial charge in [0, 0.05) is 13.0 Å². The fourth-order valence-electron chi connectivity index (χ4n) is 2.23. The third-order valence-electron chi connectivity index (χ3n) is 3.24. The van der Waals surface area contributed by atoms with Gasteiger partial charge in [-0.15, -0.1) is 0 Å². The summed E-state index contributed by atoms with van der Waals surface area (Å²) in [4.78, 5) is 36.3. The zero-order chi connectivity index (χ0) is 16.1. The lowest BCUT2D eigenvalue weighted by molar-refractivity contribution is -0.124. The minimum Gasteiger partial charge on any atom is -0.350 e. The molecule has 1 heterocycles. The van der Waals surface area contributed by atoms with Crippen molar-refractivity contribution >= 4 is 35.0 Å². The van der Waals surface area contributed by atoms with Gasteiger partial charge in [-0.3, -0.25) is 14.4 Å². The van der Waals surface area contributed by atoms with Crippen LogP contribution in [0.25, 0.3) is 0 Å². The topological polar surface area (TPSA) is 78.5 Å². The Morgan fingerprint density at radius 2 is 2.14 bits per heavy atom. The molecular formula is C15H16ClN3O3. The van der Waals surface area contributed by atoms with Gasteiger partial charge in [-0.2, -0.15) is 0 Å². The number of nitrogens with one attached hydrogen (secondary N) is 2. The smallest absolute Gasteiger partial charge is 0.243 e. The van der Waals surface area contributed by atoms with Crippen LogP contribution in [0.3, 0.4) is 0 Å². The van der Waals surface area contributed by atoms with Crippen molar-refractivity contribution in [3.05, 3.63) is 41.9 Å². The van der Waals surface area contributed by atoms with Gasteiger partial charge in [-0.05, 0) is 18.2 Å². The number of benzene rings is 1. The van der Waals surface area contributed by atoms with Crippen molar-refractivity contribution in [2.75, 3.05) is 18.0 Å². The molecule has 0 radical (unpaired) electrons. The lowest BCUT2D eigenvalue weighted by atomic mass is 10.2. The standard InChI is InChI=1S/C15H16ClN3O3/c1-2-13(20)17-8-14(21)18-10-7-15(22)19(9-10)12-6-4-3-5-11(12)16/h2-6,10H,1,7-9H2,(H,17,20)(H,18,21). The first-order valence-corrected chi connectivity index (χ1v) is 7.13. The van der Waals surface area contributed by atoms with Crippen LogP contribution in [0.2, 0.25) is 5.02 Å². The lowest BCUT2D eigenvalue weighted by Gasteiger charge is -2.18. The van der Waals surface area contributed by atoms with Gasteiger partial charge >= 0.3 is 0 Å². The molecule has 1 aromatic rings. The number of hydrogen-bond acceptors (Lipinski definition) is 3. The number of nitrogens with zero attached hydrogens (tertiary/aromatic N) is 1. The normalized spacial score (nSPS) is 17.2. The molecule has 0 spiro atoms. The van der Waals surface area contributed by atoms with Crippen LogP contribution in [0.15, 0.2) is 36.9 Å². The molecule has 1 aliphatic rings. The molecule has 7 heteroatoms. The summed E-state index contributed by atoms with van der Waals surface area (Å²) >= 11 is 6.09. The van der Waals surface area contributed by atoms with E-state index in [1.807, 2.05) is 0 Å². The highest BCUT2D eigenvalue weighted by atomic mass is 35.5. The van der Waals surface area contributed by atoms with Crippen molar-refractivity contribution in [3.8, 4) is 0 Å². The van der Waals surface area contributed by atoms with E-state index in [1.165, 1.54) is 0 Å². The molecule has 22 heavy (non-hydrogen) atoms. The third-order valence-corrected chi connectivity index (χ3v) is 3.56. The number of carbonyl (C=O) groups is 3. The van der Waals surface area contributed by atoms with Crippen LogP contribution in [-0.2, 0) is 14.4 Å². The first-order valence-electron chi connectivity index (χ1n) is 6.75. The quantitative estimate of drug-likeness (QED) is 0.790. The molecular weight excluding hydrogens is 306 g/mol. The molecule has 1 fully saturated rings. The van der Waals surface area contributed by atoms with E-state index in [4.69, 9.17) is 11.6 Å². The van der Waals surface area contributed by atoms with E-state index in [1.54, 1.807) is 29.2 Å². The maximum atomic E-state index is 12.1. The molecule has 6 nitrogen and oxygen atoms in total. The number of hydrogen-bond donors (Lipinski definition) is 2. The number of para-hydroxylation sites is 1. The predicted octanol–water partition coefficient (Wildman–Crippen LogP) is 0.864. The number of rotatable bonds is 5. The van der Waals surface area contributed by atoms with Crippen molar-refractivity contribution < 1.29 is 14.4 Å². The Bertz CT molecular complexity index is 618. The van der Waals surface area contributed by atoms with Gasteiger partial charge in [0.2, 0.25) is 17.7 Å². The summed E-state index contributed by atoms with van der Waals surface area (Å²) in [5.41, 5.74) is 0.630. The maximum Gasteiger partial charge on any atom is 0.243 e. The molecule has 0 saturated carbocycles. The summed E-state index contributed by atoms with van der Waals surface area (Å²) in [5.74, 6) is -0.877.